The number of benzene rings is 2. The van der Waals surface area contributed by atoms with Crippen molar-refractivity contribution in [2.24, 2.45) is 0 Å². The van der Waals surface area contributed by atoms with E-state index in [1.165, 1.54) is 11.1 Å². The van der Waals surface area contributed by atoms with Gasteiger partial charge in [0.05, 0.1) is 6.20 Å². The van der Waals surface area contributed by atoms with Crippen LogP contribution in [0.5, 0.6) is 0 Å². The molecule has 1 heterocycles. The molecule has 23 heavy (non-hydrogen) atoms. The second-order valence-electron chi connectivity index (χ2n) is 4.44. The molecule has 0 saturated carbocycles. The molecule has 1 aromatic heterocycles. The van der Waals surface area contributed by atoms with E-state index < -0.39 is 0 Å². The Morgan fingerprint density at radius 2 is 1.48 bits per heavy atom. The van der Waals surface area contributed by atoms with E-state index in [9.17, 15) is 0 Å². The molecule has 0 radical (unpaired) electrons. The van der Waals surface area contributed by atoms with Gasteiger partial charge in [0.2, 0.25) is 0 Å². The third-order valence-corrected chi connectivity index (χ3v) is 3.50. The van der Waals surface area contributed by atoms with Gasteiger partial charge < -0.3 is 0 Å². The fourth-order valence-electron chi connectivity index (χ4n) is 1.90. The van der Waals surface area contributed by atoms with Crippen LogP contribution in [0.2, 0.25) is 0 Å². The fourth-order valence-corrected chi connectivity index (χ4v) is 2.17. The molecule has 0 spiro atoms. The number of hydrogen-bond donors (Lipinski definition) is 1. The van der Waals surface area contributed by atoms with Crippen LogP contribution in [0.1, 0.15) is 11.3 Å². The van der Waals surface area contributed by atoms with Crippen LogP contribution < -0.4 is 0 Å². The second kappa shape index (κ2) is 8.58. The zero-order valence-electron chi connectivity index (χ0n) is 11.9. The van der Waals surface area contributed by atoms with E-state index >= 15 is 0 Å². The number of H-pyrrole nitrogens is 1. The summed E-state index contributed by atoms with van der Waals surface area (Å²) in [7, 11) is 0. The van der Waals surface area contributed by atoms with E-state index in [1.807, 2.05) is 24.3 Å². The van der Waals surface area contributed by atoms with Crippen LogP contribution in [0.3, 0.4) is 0 Å². The van der Waals surface area contributed by atoms with Crippen molar-refractivity contribution < 1.29 is 9.59 Å². The molecule has 0 aliphatic rings. The molecule has 3 aromatic rings. The minimum Gasteiger partial charge on any atom is -0.197 e. The number of hydrogen-bond acceptors (Lipinski definition) is 4. The lowest BCUT2D eigenvalue weighted by Gasteiger charge is -2.02. The van der Waals surface area contributed by atoms with Crippen LogP contribution in [-0.2, 0) is 9.59 Å². The van der Waals surface area contributed by atoms with Crippen molar-refractivity contribution in [2.75, 3.05) is 0 Å². The first-order valence-corrected chi connectivity index (χ1v) is 7.41. The van der Waals surface area contributed by atoms with Gasteiger partial charge >= 0.3 is 6.15 Å². The summed E-state index contributed by atoms with van der Waals surface area (Å²) in [6.45, 7) is 0. The Bertz CT molecular complexity index is 789. The lowest BCUT2D eigenvalue weighted by Crippen LogP contribution is -1.78. The van der Waals surface area contributed by atoms with E-state index in [0.717, 1.165) is 15.7 Å². The van der Waals surface area contributed by atoms with Gasteiger partial charge in [-0.3, -0.25) is 0 Å². The molecule has 0 aliphatic heterocycles. The van der Waals surface area contributed by atoms with Crippen LogP contribution in [0.15, 0.2) is 59.2 Å². The van der Waals surface area contributed by atoms with Gasteiger partial charge in [0, 0.05) is 4.47 Å². The van der Waals surface area contributed by atoms with E-state index in [2.05, 4.69) is 67.7 Å². The number of aromatic amines is 1. The van der Waals surface area contributed by atoms with E-state index in [-0.39, 0.29) is 6.15 Å². The van der Waals surface area contributed by atoms with Crippen molar-refractivity contribution >= 4 is 34.2 Å². The van der Waals surface area contributed by atoms with Crippen LogP contribution in [-0.4, -0.2) is 21.6 Å². The molecular weight excluding hydrogens is 358 g/mol. The van der Waals surface area contributed by atoms with Gasteiger partial charge in [-0.1, -0.05) is 58.4 Å². The smallest absolute Gasteiger partial charge is 0.197 e. The molecular formula is C17H12BrN3O2. The van der Waals surface area contributed by atoms with Crippen LogP contribution in [0.25, 0.3) is 23.3 Å². The van der Waals surface area contributed by atoms with Gasteiger partial charge in [0.15, 0.2) is 0 Å². The molecule has 5 nitrogen and oxygen atoms in total. The Balaban J connectivity index is 0.000000595. The Labute approximate surface area is 141 Å². The lowest BCUT2D eigenvalue weighted by atomic mass is 10.0. The molecule has 0 unspecified atom stereocenters. The number of rotatable bonds is 3. The largest absolute Gasteiger partial charge is 0.373 e. The highest BCUT2D eigenvalue weighted by atomic mass is 79.9. The van der Waals surface area contributed by atoms with Gasteiger partial charge in [0.1, 0.15) is 5.69 Å². The second-order valence-corrected chi connectivity index (χ2v) is 5.36. The number of nitrogens with zero attached hydrogens (tertiary/aromatic N) is 2. The van der Waals surface area contributed by atoms with Crippen molar-refractivity contribution in [2.45, 2.75) is 0 Å². The summed E-state index contributed by atoms with van der Waals surface area (Å²) < 4.78 is 1.09. The van der Waals surface area contributed by atoms with Crippen molar-refractivity contribution in [1.82, 2.24) is 15.4 Å². The molecule has 0 fully saturated rings. The highest BCUT2D eigenvalue weighted by Gasteiger charge is 1.97. The van der Waals surface area contributed by atoms with Crippen molar-refractivity contribution in [3.8, 4) is 11.1 Å². The fraction of sp³-hybridized carbons (Fsp3) is 0. The molecule has 6 heteroatoms. The summed E-state index contributed by atoms with van der Waals surface area (Å²) in [6.07, 6.45) is 5.88. The van der Waals surface area contributed by atoms with Crippen molar-refractivity contribution in [3.05, 3.63) is 70.5 Å². The van der Waals surface area contributed by atoms with Gasteiger partial charge in [0.25, 0.3) is 0 Å². The van der Waals surface area contributed by atoms with E-state index in [1.54, 1.807) is 6.20 Å². The Hall–Kier alpha value is -2.82. The standard InChI is InChI=1S/C16H12BrN3.CO2/c17-15-8-6-14(7-9-15)13-4-1-12(2-5-13)3-10-16-11-18-20-19-16;2-1-3/h1-11H,(H,18,19,20);. The van der Waals surface area contributed by atoms with E-state index in [0.29, 0.717) is 0 Å². The molecule has 114 valence electrons. The SMILES string of the molecule is Brc1ccc(-c2ccc(C=Cc3cn[nH]n3)cc2)cc1.O=C=O. The highest BCUT2D eigenvalue weighted by molar-refractivity contribution is 9.10. The van der Waals surface area contributed by atoms with Crippen LogP contribution in [0, 0.1) is 0 Å². The summed E-state index contributed by atoms with van der Waals surface area (Å²) in [5.41, 5.74) is 4.37. The quantitative estimate of drug-likeness (QED) is 0.761. The molecule has 0 aliphatic carbocycles. The number of nitrogens with one attached hydrogen (secondary N) is 1. The van der Waals surface area contributed by atoms with Crippen molar-refractivity contribution in [3.63, 3.8) is 0 Å². The Kier molecular flexibility index (Phi) is 6.17. The monoisotopic (exact) mass is 369 g/mol. The molecule has 0 bridgehead atoms. The molecule has 0 atom stereocenters. The number of aromatic nitrogens is 3. The first-order valence-electron chi connectivity index (χ1n) is 6.62. The van der Waals surface area contributed by atoms with Crippen LogP contribution in [0.4, 0.5) is 0 Å². The minimum absolute atomic E-state index is 0.250. The average Bonchev–Trinajstić information content (AvgIpc) is 3.08. The topological polar surface area (TPSA) is 75.7 Å². The summed E-state index contributed by atoms with van der Waals surface area (Å²) in [6, 6.07) is 16.7. The minimum atomic E-state index is 0.250. The summed E-state index contributed by atoms with van der Waals surface area (Å²) in [5.74, 6) is 0. The first kappa shape index (κ1) is 16.5. The van der Waals surface area contributed by atoms with E-state index in [4.69, 9.17) is 9.59 Å². The summed E-state index contributed by atoms with van der Waals surface area (Å²) >= 11 is 3.45. The predicted octanol–water partition coefficient (Wildman–Crippen LogP) is 3.82. The average molecular weight is 370 g/mol. The highest BCUT2D eigenvalue weighted by Crippen LogP contribution is 2.22. The summed E-state index contributed by atoms with van der Waals surface area (Å²) in [5, 5.41) is 10.3. The predicted molar refractivity (Wildman–Crippen MR) is 89.9 cm³/mol. The summed E-state index contributed by atoms with van der Waals surface area (Å²) in [4.78, 5) is 16.2. The number of carbonyl (C=O) groups excluding carboxylic acids is 2. The third kappa shape index (κ3) is 5.14. The molecule has 3 rings (SSSR count). The maximum atomic E-state index is 8.12. The zero-order valence-corrected chi connectivity index (χ0v) is 13.5. The molecule has 0 amide bonds. The first-order chi connectivity index (χ1) is 11.2. The van der Waals surface area contributed by atoms with Gasteiger partial charge in [-0.15, -0.1) is 0 Å². The molecule has 0 saturated heterocycles. The Morgan fingerprint density at radius 3 is 2.00 bits per heavy atom. The molecule has 1 N–H and O–H groups in total. The molecule has 2 aromatic carbocycles. The van der Waals surface area contributed by atoms with Gasteiger partial charge in [-0.25, -0.2) is 0 Å². The lowest BCUT2D eigenvalue weighted by molar-refractivity contribution is -0.191. The normalized spacial score (nSPS) is 9.96. The van der Waals surface area contributed by atoms with Crippen molar-refractivity contribution in [1.29, 1.82) is 0 Å². The Morgan fingerprint density at radius 1 is 0.913 bits per heavy atom. The maximum Gasteiger partial charge on any atom is 0.373 e. The maximum absolute atomic E-state index is 8.12. The van der Waals surface area contributed by atoms with Gasteiger partial charge in [-0.05, 0) is 34.9 Å². The zero-order chi connectivity index (χ0) is 16.5. The third-order valence-electron chi connectivity index (χ3n) is 2.97. The van der Waals surface area contributed by atoms with Crippen LogP contribution >= 0.6 is 15.9 Å². The number of halogens is 1. The van der Waals surface area contributed by atoms with Gasteiger partial charge in [-0.2, -0.15) is 25.0 Å².